The zero-order chi connectivity index (χ0) is 20.5. The lowest BCUT2D eigenvalue weighted by atomic mass is 10.1. The highest BCUT2D eigenvalue weighted by atomic mass is 35.5. The molecule has 0 fully saturated rings. The number of pyridine rings is 1. The maximum Gasteiger partial charge on any atom is 0.255 e. The summed E-state index contributed by atoms with van der Waals surface area (Å²) < 4.78 is 27.8. The van der Waals surface area contributed by atoms with Crippen molar-refractivity contribution in [3.63, 3.8) is 0 Å². The van der Waals surface area contributed by atoms with Crippen LogP contribution in [0.2, 0.25) is 5.02 Å². The topological polar surface area (TPSA) is 88.2 Å². The van der Waals surface area contributed by atoms with Gasteiger partial charge < -0.3 is 5.32 Å². The third-order valence-corrected chi connectivity index (χ3v) is 6.04. The first-order chi connectivity index (χ1) is 13.1. The Hall–Kier alpha value is -2.48. The van der Waals surface area contributed by atoms with Crippen molar-refractivity contribution < 1.29 is 13.2 Å². The van der Waals surface area contributed by atoms with E-state index in [0.29, 0.717) is 11.2 Å². The van der Waals surface area contributed by atoms with E-state index in [2.05, 4.69) is 15.0 Å². The van der Waals surface area contributed by atoms with Crippen LogP contribution in [-0.2, 0) is 10.0 Å². The van der Waals surface area contributed by atoms with Crippen molar-refractivity contribution in [2.75, 3.05) is 5.32 Å². The minimum atomic E-state index is -3.89. The fraction of sp³-hybridized carbons (Fsp3) is 0.200. The van der Waals surface area contributed by atoms with E-state index in [9.17, 15) is 13.2 Å². The number of amides is 1. The SMILES string of the molecule is CC(C)(C)NS(=O)(=O)c1cc(C(=O)Nc2cccc3cccnc23)ccc1Cl. The van der Waals surface area contributed by atoms with Crippen LogP contribution in [0.3, 0.4) is 0 Å². The molecule has 0 aliphatic heterocycles. The molecule has 0 unspecified atom stereocenters. The molecule has 1 aromatic heterocycles. The third-order valence-electron chi connectivity index (χ3n) is 3.80. The highest BCUT2D eigenvalue weighted by Crippen LogP contribution is 2.26. The lowest BCUT2D eigenvalue weighted by Gasteiger charge is -2.21. The average molecular weight is 418 g/mol. The molecule has 0 atom stereocenters. The van der Waals surface area contributed by atoms with Gasteiger partial charge in [0.2, 0.25) is 10.0 Å². The second kappa shape index (κ2) is 7.50. The van der Waals surface area contributed by atoms with Gasteiger partial charge in [-0.25, -0.2) is 13.1 Å². The fourth-order valence-corrected chi connectivity index (χ4v) is 4.65. The molecule has 8 heteroatoms. The largest absolute Gasteiger partial charge is 0.320 e. The van der Waals surface area contributed by atoms with Gasteiger partial charge in [-0.15, -0.1) is 0 Å². The van der Waals surface area contributed by atoms with Gasteiger partial charge in [-0.05, 0) is 51.1 Å². The molecule has 146 valence electrons. The second-order valence-corrected chi connectivity index (χ2v) is 9.39. The molecule has 2 aromatic carbocycles. The highest BCUT2D eigenvalue weighted by Gasteiger charge is 2.25. The van der Waals surface area contributed by atoms with Gasteiger partial charge in [0.15, 0.2) is 0 Å². The molecule has 2 N–H and O–H groups in total. The first kappa shape index (κ1) is 20.3. The van der Waals surface area contributed by atoms with E-state index in [0.717, 1.165) is 5.39 Å². The summed E-state index contributed by atoms with van der Waals surface area (Å²) >= 11 is 6.09. The van der Waals surface area contributed by atoms with Gasteiger partial charge in [0.05, 0.1) is 16.2 Å². The Labute approximate surface area is 169 Å². The number of hydrogen-bond acceptors (Lipinski definition) is 4. The van der Waals surface area contributed by atoms with Gasteiger partial charge >= 0.3 is 0 Å². The van der Waals surface area contributed by atoms with Crippen molar-refractivity contribution in [3.8, 4) is 0 Å². The molecule has 0 saturated heterocycles. The summed E-state index contributed by atoms with van der Waals surface area (Å²) in [5.74, 6) is -0.456. The number of carbonyl (C=O) groups excluding carboxylic acids is 1. The van der Waals surface area contributed by atoms with Gasteiger partial charge in [-0.2, -0.15) is 0 Å². The quantitative estimate of drug-likeness (QED) is 0.665. The van der Waals surface area contributed by atoms with Crippen LogP contribution < -0.4 is 10.0 Å². The Balaban J connectivity index is 1.95. The van der Waals surface area contributed by atoms with Crippen LogP contribution in [0.15, 0.2) is 59.6 Å². The van der Waals surface area contributed by atoms with E-state index in [4.69, 9.17) is 11.6 Å². The summed E-state index contributed by atoms with van der Waals surface area (Å²) in [5, 5.41) is 3.71. The number of anilines is 1. The minimum Gasteiger partial charge on any atom is -0.320 e. The highest BCUT2D eigenvalue weighted by molar-refractivity contribution is 7.89. The van der Waals surface area contributed by atoms with Gasteiger partial charge in [0.25, 0.3) is 5.91 Å². The second-order valence-electron chi connectivity index (χ2n) is 7.34. The summed E-state index contributed by atoms with van der Waals surface area (Å²) in [4.78, 5) is 16.9. The average Bonchev–Trinajstić information content (AvgIpc) is 2.60. The lowest BCUT2D eigenvalue weighted by molar-refractivity contribution is 0.102. The molecule has 0 aliphatic rings. The van der Waals surface area contributed by atoms with Crippen molar-refractivity contribution in [3.05, 3.63) is 65.3 Å². The fourth-order valence-electron chi connectivity index (χ4n) is 2.71. The Morgan fingerprint density at radius 2 is 1.79 bits per heavy atom. The van der Waals surface area contributed by atoms with Crippen molar-refractivity contribution in [2.45, 2.75) is 31.2 Å². The molecule has 6 nitrogen and oxygen atoms in total. The summed E-state index contributed by atoms with van der Waals surface area (Å²) in [6, 6.07) is 13.3. The molecule has 3 rings (SSSR count). The molecule has 0 aliphatic carbocycles. The lowest BCUT2D eigenvalue weighted by Crippen LogP contribution is -2.40. The van der Waals surface area contributed by atoms with Gasteiger partial charge in [-0.1, -0.05) is 29.8 Å². The molecule has 1 heterocycles. The first-order valence-corrected chi connectivity index (χ1v) is 10.4. The van der Waals surface area contributed by atoms with Crippen LogP contribution in [-0.4, -0.2) is 24.8 Å². The van der Waals surface area contributed by atoms with E-state index in [1.165, 1.54) is 18.2 Å². The van der Waals surface area contributed by atoms with E-state index >= 15 is 0 Å². The molecule has 28 heavy (non-hydrogen) atoms. The zero-order valence-corrected chi connectivity index (χ0v) is 17.2. The molecule has 0 bridgehead atoms. The monoisotopic (exact) mass is 417 g/mol. The standard InChI is InChI=1S/C20H20ClN3O3S/c1-20(2,3)24-28(26,27)17-12-14(9-10-15(17)21)19(25)23-16-8-4-6-13-7-5-11-22-18(13)16/h4-12,24H,1-3H3,(H,23,25). The molecule has 0 spiro atoms. The van der Waals surface area contributed by atoms with E-state index in [1.807, 2.05) is 24.3 Å². The molecule has 0 saturated carbocycles. The number of rotatable bonds is 4. The number of para-hydroxylation sites is 1. The number of halogens is 1. The van der Waals surface area contributed by atoms with Gasteiger partial charge in [0.1, 0.15) is 4.90 Å². The number of aromatic nitrogens is 1. The summed E-state index contributed by atoms with van der Waals surface area (Å²) in [6.07, 6.45) is 1.64. The number of carbonyl (C=O) groups is 1. The van der Waals surface area contributed by atoms with Crippen LogP contribution in [0, 0.1) is 0 Å². The predicted molar refractivity (Wildman–Crippen MR) is 111 cm³/mol. The molecular weight excluding hydrogens is 398 g/mol. The number of hydrogen-bond donors (Lipinski definition) is 2. The number of sulfonamides is 1. The molecule has 1 amide bonds. The summed E-state index contributed by atoms with van der Waals surface area (Å²) in [6.45, 7) is 5.17. The van der Waals surface area contributed by atoms with Crippen LogP contribution in [0.4, 0.5) is 5.69 Å². The van der Waals surface area contributed by atoms with E-state index in [-0.39, 0.29) is 15.5 Å². The number of benzene rings is 2. The Morgan fingerprint density at radius 3 is 2.50 bits per heavy atom. The Bertz CT molecular complexity index is 1150. The first-order valence-electron chi connectivity index (χ1n) is 8.55. The van der Waals surface area contributed by atoms with E-state index in [1.54, 1.807) is 33.0 Å². The molecule has 0 radical (unpaired) electrons. The van der Waals surface area contributed by atoms with Gasteiger partial charge in [-0.3, -0.25) is 9.78 Å². The van der Waals surface area contributed by atoms with Gasteiger partial charge in [0, 0.05) is 22.7 Å². The number of nitrogens with zero attached hydrogens (tertiary/aromatic N) is 1. The molecular formula is C20H20ClN3O3S. The Morgan fingerprint density at radius 1 is 1.07 bits per heavy atom. The maximum absolute atomic E-state index is 12.7. The molecule has 3 aromatic rings. The zero-order valence-electron chi connectivity index (χ0n) is 15.7. The summed E-state index contributed by atoms with van der Waals surface area (Å²) in [7, 11) is -3.89. The van der Waals surface area contributed by atoms with Crippen LogP contribution in [0.1, 0.15) is 31.1 Å². The third kappa shape index (κ3) is 4.49. The van der Waals surface area contributed by atoms with Crippen LogP contribution in [0.5, 0.6) is 0 Å². The van der Waals surface area contributed by atoms with Crippen molar-refractivity contribution >= 4 is 44.1 Å². The maximum atomic E-state index is 12.7. The van der Waals surface area contributed by atoms with Crippen molar-refractivity contribution in [1.29, 1.82) is 0 Å². The minimum absolute atomic E-state index is 0.0418. The number of fused-ring (bicyclic) bond motifs is 1. The van der Waals surface area contributed by atoms with Crippen LogP contribution in [0.25, 0.3) is 10.9 Å². The number of nitrogens with one attached hydrogen (secondary N) is 2. The van der Waals surface area contributed by atoms with Crippen molar-refractivity contribution in [1.82, 2.24) is 9.71 Å². The van der Waals surface area contributed by atoms with Crippen LogP contribution >= 0.6 is 11.6 Å². The smallest absolute Gasteiger partial charge is 0.255 e. The summed E-state index contributed by atoms with van der Waals surface area (Å²) in [5.41, 5.74) is 0.672. The normalized spacial score (nSPS) is 12.1. The predicted octanol–water partition coefficient (Wildman–Crippen LogP) is 4.22. The van der Waals surface area contributed by atoms with E-state index < -0.39 is 21.5 Å². The Kier molecular flexibility index (Phi) is 5.43. The van der Waals surface area contributed by atoms with Crippen molar-refractivity contribution in [2.24, 2.45) is 0 Å².